The number of amides is 5. The number of aliphatic carboxylic acids is 1. The van der Waals surface area contributed by atoms with E-state index < -0.39 is 77.2 Å². The number of nitrogens with zero attached hydrogens (tertiary/aromatic N) is 2. The summed E-state index contributed by atoms with van der Waals surface area (Å²) in [6.45, 7) is 9.36. The first-order valence-corrected chi connectivity index (χ1v) is 18.4. The van der Waals surface area contributed by atoms with Gasteiger partial charge < -0.3 is 40.3 Å². The zero-order chi connectivity index (χ0) is 37.8. The fourth-order valence-corrected chi connectivity index (χ4v) is 7.25. The fourth-order valence-electron chi connectivity index (χ4n) is 7.25. The van der Waals surface area contributed by atoms with Gasteiger partial charge in [0.15, 0.2) is 0 Å². The van der Waals surface area contributed by atoms with Gasteiger partial charge in [0.25, 0.3) is 0 Å². The second-order valence-electron chi connectivity index (χ2n) is 15.8. The first-order valence-electron chi connectivity index (χ1n) is 18.4. The number of fused-ring (bicyclic) bond motifs is 3. The number of allylic oxidation sites excluding steroid dienone is 1. The van der Waals surface area contributed by atoms with Crippen molar-refractivity contribution in [3.05, 3.63) is 47.5 Å². The summed E-state index contributed by atoms with van der Waals surface area (Å²) in [5, 5.41) is 18.3. The molecule has 0 radical (unpaired) electrons. The molecule has 1 saturated heterocycles. The smallest absolute Gasteiger partial charge is 0.410 e. The third kappa shape index (κ3) is 9.23. The Hall–Kier alpha value is -4.62. The summed E-state index contributed by atoms with van der Waals surface area (Å²) < 4.78 is 11.3. The first kappa shape index (κ1) is 38.6. The molecule has 0 aromatic heterocycles. The van der Waals surface area contributed by atoms with E-state index >= 15 is 0 Å². The standard InChI is InChI=1S/C38H53N5O9/c1-23(2)30(40-35(49)52-37(3,4)5)32(45)39-28-16-10-8-6-7-9-15-26-20-38(26,34(47)48)41-31(44)29-19-27(22-43(29)33(28)46)51-36(50)42-18-17-24-13-11-12-14-25(24)21-42/h9,11-15,23,26-30H,6-8,10,16-22H2,1-5H3,(H,39,45)(H,40,49)(H,41,44)(H,47,48)/b15-9-/t26-,27+,28-,29-,30+,38+/m0/s1. The Morgan fingerprint density at radius 3 is 2.48 bits per heavy atom. The van der Waals surface area contributed by atoms with Crippen molar-refractivity contribution < 1.29 is 43.3 Å². The summed E-state index contributed by atoms with van der Waals surface area (Å²) in [5.74, 6) is -3.71. The van der Waals surface area contributed by atoms with Gasteiger partial charge in [0.2, 0.25) is 17.7 Å². The van der Waals surface area contributed by atoms with Crippen LogP contribution in [0.25, 0.3) is 0 Å². The van der Waals surface area contributed by atoms with Crippen LogP contribution in [0.4, 0.5) is 9.59 Å². The predicted octanol–water partition coefficient (Wildman–Crippen LogP) is 3.66. The van der Waals surface area contributed by atoms with E-state index in [0.717, 1.165) is 24.0 Å². The summed E-state index contributed by atoms with van der Waals surface area (Å²) in [6.07, 6.45) is 5.48. The van der Waals surface area contributed by atoms with Crippen LogP contribution in [0, 0.1) is 11.8 Å². The Morgan fingerprint density at radius 1 is 1.06 bits per heavy atom. The van der Waals surface area contributed by atoms with Gasteiger partial charge >= 0.3 is 18.2 Å². The van der Waals surface area contributed by atoms with Crippen LogP contribution in [0.5, 0.6) is 0 Å². The molecule has 3 heterocycles. The van der Waals surface area contributed by atoms with Gasteiger partial charge in [0, 0.05) is 25.4 Å². The molecular formula is C38H53N5O9. The summed E-state index contributed by atoms with van der Waals surface area (Å²) >= 11 is 0. The van der Waals surface area contributed by atoms with Crippen LogP contribution < -0.4 is 16.0 Å². The summed E-state index contributed by atoms with van der Waals surface area (Å²) in [6, 6.07) is 4.62. The second-order valence-corrected chi connectivity index (χ2v) is 15.8. The Balaban J connectivity index is 1.38. The monoisotopic (exact) mass is 723 g/mol. The number of ether oxygens (including phenoxy) is 2. The van der Waals surface area contributed by atoms with Crippen LogP contribution in [0.1, 0.15) is 90.7 Å². The SMILES string of the molecule is CC(C)[C@@H](NC(=O)OC(C)(C)C)C(=O)N[C@H]1CCCCC/C=C\[C@H]2C[C@@]2(C(=O)O)NC(=O)[C@@H]2C[C@@H](OC(=O)N3CCc4ccccc4C3)CN2C1=O. The number of alkyl carbamates (subject to hydrolysis) is 1. The Morgan fingerprint density at radius 2 is 1.79 bits per heavy atom. The molecule has 4 N–H and O–H groups in total. The molecule has 1 aliphatic carbocycles. The highest BCUT2D eigenvalue weighted by Gasteiger charge is 2.61. The minimum absolute atomic E-state index is 0.0422. The highest BCUT2D eigenvalue weighted by Crippen LogP contribution is 2.45. The molecule has 14 nitrogen and oxygen atoms in total. The number of rotatable bonds is 6. The van der Waals surface area contributed by atoms with E-state index in [1.165, 1.54) is 4.90 Å². The zero-order valence-electron chi connectivity index (χ0n) is 30.8. The van der Waals surface area contributed by atoms with Crippen molar-refractivity contribution in [2.45, 2.75) is 128 Å². The molecule has 4 aliphatic rings. The van der Waals surface area contributed by atoms with Crippen LogP contribution in [0.3, 0.4) is 0 Å². The molecule has 0 spiro atoms. The number of hydrogen-bond acceptors (Lipinski definition) is 8. The van der Waals surface area contributed by atoms with Crippen molar-refractivity contribution in [2.24, 2.45) is 11.8 Å². The third-order valence-corrected chi connectivity index (χ3v) is 10.2. The molecule has 52 heavy (non-hydrogen) atoms. The third-order valence-electron chi connectivity index (χ3n) is 10.2. The molecule has 6 atom stereocenters. The molecule has 14 heteroatoms. The molecule has 5 amide bonds. The van der Waals surface area contributed by atoms with E-state index in [2.05, 4.69) is 16.0 Å². The Kier molecular flexibility index (Phi) is 11.8. The fraction of sp³-hybridized carbons (Fsp3) is 0.632. The highest BCUT2D eigenvalue weighted by molar-refractivity contribution is 5.97. The number of carboxylic acid groups (broad SMARTS) is 1. The van der Waals surface area contributed by atoms with Crippen molar-refractivity contribution in [2.75, 3.05) is 13.1 Å². The molecular weight excluding hydrogens is 670 g/mol. The van der Waals surface area contributed by atoms with Crippen molar-refractivity contribution in [1.82, 2.24) is 25.8 Å². The lowest BCUT2D eigenvalue weighted by Crippen LogP contribution is -2.59. The average Bonchev–Trinajstić information content (AvgIpc) is 3.61. The van der Waals surface area contributed by atoms with Crippen LogP contribution in [0.15, 0.2) is 36.4 Å². The topological polar surface area (TPSA) is 184 Å². The molecule has 0 bridgehead atoms. The van der Waals surface area contributed by atoms with Crippen LogP contribution >= 0.6 is 0 Å². The van der Waals surface area contributed by atoms with E-state index in [1.807, 2.05) is 36.4 Å². The number of carbonyl (C=O) groups excluding carboxylic acids is 5. The molecule has 2 fully saturated rings. The van der Waals surface area contributed by atoms with Gasteiger partial charge in [-0.3, -0.25) is 14.4 Å². The van der Waals surface area contributed by atoms with Crippen LogP contribution in [-0.4, -0.2) is 99.2 Å². The van der Waals surface area contributed by atoms with E-state index in [-0.39, 0.29) is 31.7 Å². The quantitative estimate of drug-likeness (QED) is 0.318. The molecule has 1 aromatic rings. The van der Waals surface area contributed by atoms with E-state index in [0.29, 0.717) is 32.4 Å². The van der Waals surface area contributed by atoms with Crippen molar-refractivity contribution in [1.29, 1.82) is 0 Å². The highest BCUT2D eigenvalue weighted by atomic mass is 16.6. The predicted molar refractivity (Wildman–Crippen MR) is 190 cm³/mol. The van der Waals surface area contributed by atoms with Gasteiger partial charge in [0.05, 0.1) is 6.54 Å². The molecule has 1 aromatic carbocycles. The maximum atomic E-state index is 14.5. The molecule has 1 saturated carbocycles. The van der Waals surface area contributed by atoms with Gasteiger partial charge in [-0.1, -0.05) is 63.1 Å². The van der Waals surface area contributed by atoms with Crippen molar-refractivity contribution in [3.8, 4) is 0 Å². The minimum atomic E-state index is -1.50. The van der Waals surface area contributed by atoms with Crippen molar-refractivity contribution in [3.63, 3.8) is 0 Å². The Bertz CT molecular complexity index is 1570. The maximum Gasteiger partial charge on any atom is 0.410 e. The molecule has 5 rings (SSSR count). The zero-order valence-corrected chi connectivity index (χ0v) is 30.8. The van der Waals surface area contributed by atoms with Gasteiger partial charge in [-0.25, -0.2) is 14.4 Å². The lowest BCUT2D eigenvalue weighted by molar-refractivity contribution is -0.146. The lowest BCUT2D eigenvalue weighted by Gasteiger charge is -2.31. The molecule has 3 aliphatic heterocycles. The number of carboxylic acids is 1. The van der Waals surface area contributed by atoms with Gasteiger partial charge in [-0.05, 0) is 69.9 Å². The number of hydrogen-bond donors (Lipinski definition) is 4. The summed E-state index contributed by atoms with van der Waals surface area (Å²) in [5.41, 5.74) is -0.106. The summed E-state index contributed by atoms with van der Waals surface area (Å²) in [4.78, 5) is 83.6. The number of carbonyl (C=O) groups is 6. The largest absolute Gasteiger partial charge is 0.479 e. The van der Waals surface area contributed by atoms with Gasteiger partial charge in [-0.15, -0.1) is 0 Å². The Labute approximate surface area is 305 Å². The van der Waals surface area contributed by atoms with Gasteiger partial charge in [-0.2, -0.15) is 0 Å². The average molecular weight is 724 g/mol. The summed E-state index contributed by atoms with van der Waals surface area (Å²) in [7, 11) is 0. The lowest BCUT2D eigenvalue weighted by atomic mass is 10.0. The maximum absolute atomic E-state index is 14.5. The van der Waals surface area contributed by atoms with Crippen LogP contribution in [0.2, 0.25) is 0 Å². The van der Waals surface area contributed by atoms with Crippen LogP contribution in [-0.2, 0) is 41.6 Å². The number of benzene rings is 1. The molecule has 284 valence electrons. The van der Waals surface area contributed by atoms with E-state index in [1.54, 1.807) is 39.5 Å². The molecule has 0 unspecified atom stereocenters. The van der Waals surface area contributed by atoms with E-state index in [4.69, 9.17) is 9.47 Å². The second kappa shape index (κ2) is 16.0. The van der Waals surface area contributed by atoms with Gasteiger partial charge in [0.1, 0.15) is 35.4 Å². The minimum Gasteiger partial charge on any atom is -0.479 e. The first-order chi connectivity index (χ1) is 24.6. The normalized spacial score (nSPS) is 27.7. The number of nitrogens with one attached hydrogen (secondary N) is 3. The van der Waals surface area contributed by atoms with E-state index in [9.17, 15) is 33.9 Å². The van der Waals surface area contributed by atoms with Crippen molar-refractivity contribution >= 4 is 35.9 Å².